The Kier molecular flexibility index (Phi) is 5.00. The average Bonchev–Trinajstić information content (AvgIpc) is 2.27. The first-order valence-corrected chi connectivity index (χ1v) is 7.40. The molecule has 0 saturated carbocycles. The SMILES string of the molecule is CC(C)(C)C(CCO)NS(=O)(=O)c1ncccc1F. The van der Waals surface area contributed by atoms with Crippen molar-refractivity contribution < 1.29 is 17.9 Å². The predicted molar refractivity (Wildman–Crippen MR) is 69.5 cm³/mol. The van der Waals surface area contributed by atoms with E-state index >= 15 is 0 Å². The fourth-order valence-electron chi connectivity index (χ4n) is 1.61. The lowest BCUT2D eigenvalue weighted by molar-refractivity contribution is 0.214. The van der Waals surface area contributed by atoms with Crippen molar-refractivity contribution in [2.45, 2.75) is 38.3 Å². The van der Waals surface area contributed by atoms with E-state index in [-0.39, 0.29) is 13.0 Å². The number of aromatic nitrogens is 1. The third-order valence-electron chi connectivity index (χ3n) is 2.74. The fraction of sp³-hybridized carbons (Fsp3) is 0.583. The monoisotopic (exact) mass is 290 g/mol. The number of nitrogens with zero attached hydrogens (tertiary/aromatic N) is 1. The average molecular weight is 290 g/mol. The predicted octanol–water partition coefficient (Wildman–Crippen LogP) is 1.30. The van der Waals surface area contributed by atoms with E-state index in [2.05, 4.69) is 9.71 Å². The molecule has 0 fully saturated rings. The second-order valence-electron chi connectivity index (χ2n) is 5.34. The van der Waals surface area contributed by atoms with E-state index in [9.17, 15) is 12.8 Å². The Morgan fingerprint density at radius 2 is 2.11 bits per heavy atom. The van der Waals surface area contributed by atoms with Crippen LogP contribution in [0.1, 0.15) is 27.2 Å². The third kappa shape index (κ3) is 4.22. The first-order chi connectivity index (χ1) is 8.68. The molecule has 108 valence electrons. The summed E-state index contributed by atoms with van der Waals surface area (Å²) in [5, 5.41) is 8.37. The van der Waals surface area contributed by atoms with Gasteiger partial charge in [-0.25, -0.2) is 22.5 Å². The minimum Gasteiger partial charge on any atom is -0.396 e. The van der Waals surface area contributed by atoms with E-state index < -0.39 is 32.3 Å². The number of hydrogen-bond donors (Lipinski definition) is 2. The molecule has 0 aliphatic carbocycles. The van der Waals surface area contributed by atoms with E-state index in [1.165, 1.54) is 12.3 Å². The smallest absolute Gasteiger partial charge is 0.261 e. The molecule has 0 bridgehead atoms. The molecule has 0 aromatic carbocycles. The van der Waals surface area contributed by atoms with E-state index in [1.807, 2.05) is 20.8 Å². The molecule has 0 spiro atoms. The zero-order chi connectivity index (χ0) is 14.7. The van der Waals surface area contributed by atoms with Gasteiger partial charge in [0.1, 0.15) is 0 Å². The van der Waals surface area contributed by atoms with Crippen LogP contribution in [0.15, 0.2) is 23.4 Å². The van der Waals surface area contributed by atoms with Crippen LogP contribution >= 0.6 is 0 Å². The van der Waals surface area contributed by atoms with Crippen molar-refractivity contribution in [3.63, 3.8) is 0 Å². The summed E-state index contributed by atoms with van der Waals surface area (Å²) < 4.78 is 40.1. The molecule has 1 heterocycles. The molecule has 7 heteroatoms. The van der Waals surface area contributed by atoms with E-state index in [0.717, 1.165) is 6.07 Å². The quantitative estimate of drug-likeness (QED) is 0.856. The van der Waals surface area contributed by atoms with Gasteiger partial charge in [0.05, 0.1) is 0 Å². The summed E-state index contributed by atoms with van der Waals surface area (Å²) in [6.45, 7) is 5.36. The Morgan fingerprint density at radius 1 is 1.47 bits per heavy atom. The molecule has 5 nitrogen and oxygen atoms in total. The maximum atomic E-state index is 13.5. The van der Waals surface area contributed by atoms with Crippen molar-refractivity contribution in [3.8, 4) is 0 Å². The maximum Gasteiger partial charge on any atom is 0.261 e. The molecule has 0 radical (unpaired) electrons. The van der Waals surface area contributed by atoms with Gasteiger partial charge in [-0.3, -0.25) is 0 Å². The van der Waals surface area contributed by atoms with Crippen LogP contribution in [-0.2, 0) is 10.0 Å². The van der Waals surface area contributed by atoms with Crippen LogP contribution in [0.25, 0.3) is 0 Å². The summed E-state index contributed by atoms with van der Waals surface area (Å²) in [4.78, 5) is 3.56. The Labute approximate surface area is 112 Å². The standard InChI is InChI=1S/C12H19FN2O3S/c1-12(2,3)10(6-8-16)15-19(17,18)11-9(13)5-4-7-14-11/h4-5,7,10,15-16H,6,8H2,1-3H3. The molecule has 1 atom stereocenters. The Balaban J connectivity index is 3.05. The van der Waals surface area contributed by atoms with Crippen LogP contribution in [0.3, 0.4) is 0 Å². The van der Waals surface area contributed by atoms with Crippen molar-refractivity contribution in [1.29, 1.82) is 0 Å². The minimum absolute atomic E-state index is 0.158. The number of hydrogen-bond acceptors (Lipinski definition) is 4. The van der Waals surface area contributed by atoms with E-state index in [1.54, 1.807) is 0 Å². The Bertz CT molecular complexity index is 526. The first kappa shape index (κ1) is 16.0. The molecule has 1 rings (SSSR count). The Hall–Kier alpha value is -1.05. The van der Waals surface area contributed by atoms with Gasteiger partial charge in [0.25, 0.3) is 10.0 Å². The zero-order valence-corrected chi connectivity index (χ0v) is 12.0. The molecule has 1 aromatic heterocycles. The van der Waals surface area contributed by atoms with Gasteiger partial charge in [0.2, 0.25) is 5.03 Å². The van der Waals surface area contributed by atoms with E-state index in [0.29, 0.717) is 0 Å². The van der Waals surface area contributed by atoms with Gasteiger partial charge >= 0.3 is 0 Å². The van der Waals surface area contributed by atoms with Crippen LogP contribution < -0.4 is 4.72 Å². The molecule has 0 amide bonds. The molecule has 19 heavy (non-hydrogen) atoms. The van der Waals surface area contributed by atoms with Crippen LogP contribution in [0.5, 0.6) is 0 Å². The lowest BCUT2D eigenvalue weighted by atomic mass is 9.86. The second-order valence-corrected chi connectivity index (χ2v) is 6.97. The van der Waals surface area contributed by atoms with Crippen molar-refractivity contribution in [2.24, 2.45) is 5.41 Å². The van der Waals surface area contributed by atoms with Crippen LogP contribution in [0, 0.1) is 11.2 Å². The Morgan fingerprint density at radius 3 is 2.58 bits per heavy atom. The number of aliphatic hydroxyl groups excluding tert-OH is 1. The largest absolute Gasteiger partial charge is 0.396 e. The summed E-state index contributed by atoms with van der Waals surface area (Å²) in [6.07, 6.45) is 1.47. The first-order valence-electron chi connectivity index (χ1n) is 5.92. The third-order valence-corrected chi connectivity index (χ3v) is 4.14. The zero-order valence-electron chi connectivity index (χ0n) is 11.2. The maximum absolute atomic E-state index is 13.5. The topological polar surface area (TPSA) is 79.3 Å². The van der Waals surface area contributed by atoms with Gasteiger partial charge < -0.3 is 5.11 Å². The highest BCUT2D eigenvalue weighted by atomic mass is 32.2. The van der Waals surface area contributed by atoms with Gasteiger partial charge in [-0.2, -0.15) is 0 Å². The summed E-state index contributed by atoms with van der Waals surface area (Å²) in [6, 6.07) is 1.85. The summed E-state index contributed by atoms with van der Waals surface area (Å²) in [5.74, 6) is -0.897. The molecule has 0 aliphatic heterocycles. The fourth-order valence-corrected chi connectivity index (χ4v) is 3.09. The highest BCUT2D eigenvalue weighted by Crippen LogP contribution is 2.23. The number of aliphatic hydroxyl groups is 1. The van der Waals surface area contributed by atoms with Crippen molar-refractivity contribution in [1.82, 2.24) is 9.71 Å². The van der Waals surface area contributed by atoms with Gasteiger partial charge in [0.15, 0.2) is 5.82 Å². The lowest BCUT2D eigenvalue weighted by Gasteiger charge is -2.30. The highest BCUT2D eigenvalue weighted by Gasteiger charge is 2.31. The van der Waals surface area contributed by atoms with Crippen LogP contribution in [0.4, 0.5) is 4.39 Å². The van der Waals surface area contributed by atoms with Crippen LogP contribution in [-0.4, -0.2) is 31.2 Å². The molecule has 1 unspecified atom stereocenters. The number of nitrogens with one attached hydrogen (secondary N) is 1. The molecular weight excluding hydrogens is 271 g/mol. The van der Waals surface area contributed by atoms with Crippen LogP contribution in [0.2, 0.25) is 0 Å². The molecule has 0 saturated heterocycles. The summed E-state index contributed by atoms with van der Waals surface area (Å²) in [5.41, 5.74) is -0.402. The number of pyridine rings is 1. The van der Waals surface area contributed by atoms with Crippen molar-refractivity contribution in [3.05, 3.63) is 24.1 Å². The molecule has 0 aliphatic rings. The number of rotatable bonds is 5. The number of sulfonamides is 1. The second kappa shape index (κ2) is 5.94. The van der Waals surface area contributed by atoms with Gasteiger partial charge in [-0.15, -0.1) is 0 Å². The molecule has 1 aromatic rings. The van der Waals surface area contributed by atoms with Gasteiger partial charge in [-0.1, -0.05) is 20.8 Å². The summed E-state index contributed by atoms with van der Waals surface area (Å²) in [7, 11) is -4.04. The summed E-state index contributed by atoms with van der Waals surface area (Å²) >= 11 is 0. The highest BCUT2D eigenvalue weighted by molar-refractivity contribution is 7.89. The molecule has 2 N–H and O–H groups in total. The number of halogens is 1. The van der Waals surface area contributed by atoms with Gasteiger partial charge in [0, 0.05) is 18.8 Å². The van der Waals surface area contributed by atoms with Crippen molar-refractivity contribution in [2.75, 3.05) is 6.61 Å². The van der Waals surface area contributed by atoms with Crippen molar-refractivity contribution >= 4 is 10.0 Å². The van der Waals surface area contributed by atoms with E-state index in [4.69, 9.17) is 5.11 Å². The normalized spacial score (nSPS) is 14.4. The lowest BCUT2D eigenvalue weighted by Crippen LogP contribution is -2.44. The minimum atomic E-state index is -4.04. The molecular formula is C12H19FN2O3S. The van der Waals surface area contributed by atoms with Gasteiger partial charge in [-0.05, 0) is 24.0 Å².